The maximum atomic E-state index is 5.71. The number of nitrogens with zero attached hydrogens (tertiary/aromatic N) is 1. The second-order valence-electron chi connectivity index (χ2n) is 8.64. The molecule has 116 valence electrons. The highest BCUT2D eigenvalue weighted by molar-refractivity contribution is 5.92. The van der Waals surface area contributed by atoms with E-state index >= 15 is 0 Å². The second kappa shape index (κ2) is 4.60. The lowest BCUT2D eigenvalue weighted by Gasteiger charge is -2.59. The van der Waals surface area contributed by atoms with Crippen molar-refractivity contribution in [1.82, 2.24) is 0 Å². The van der Waals surface area contributed by atoms with Crippen molar-refractivity contribution < 1.29 is 0 Å². The Morgan fingerprint density at radius 2 is 1.95 bits per heavy atom. The summed E-state index contributed by atoms with van der Waals surface area (Å²) in [6.07, 6.45) is 15.7. The fourth-order valence-corrected chi connectivity index (χ4v) is 6.84. The molecule has 0 bridgehead atoms. The minimum atomic E-state index is 0.323. The topological polar surface area (TPSA) is 38.4 Å². The third-order valence-electron chi connectivity index (χ3n) is 8.11. The zero-order valence-electron chi connectivity index (χ0n) is 13.6. The van der Waals surface area contributed by atoms with Gasteiger partial charge in [-0.2, -0.15) is 5.10 Å². The maximum Gasteiger partial charge on any atom is 0.0437 e. The average Bonchev–Trinajstić information content (AvgIpc) is 2.83. The van der Waals surface area contributed by atoms with Gasteiger partial charge in [0.05, 0.1) is 0 Å². The summed E-state index contributed by atoms with van der Waals surface area (Å²) in [5, 5.41) is 4.19. The third kappa shape index (κ3) is 1.74. The highest BCUT2D eigenvalue weighted by Crippen LogP contribution is 2.64. The van der Waals surface area contributed by atoms with E-state index in [2.05, 4.69) is 31.1 Å². The number of nitrogens with two attached hydrogens (primary N) is 1. The number of rotatable bonds is 0. The number of fused-ring (bicyclic) bond motifs is 5. The quantitative estimate of drug-likeness (QED) is 0.397. The summed E-state index contributed by atoms with van der Waals surface area (Å²) in [6.45, 7) is 5.06. The lowest BCUT2D eigenvalue weighted by atomic mass is 9.46. The zero-order valence-corrected chi connectivity index (χ0v) is 13.6. The molecule has 0 aliphatic heterocycles. The third-order valence-corrected chi connectivity index (χ3v) is 8.11. The van der Waals surface area contributed by atoms with Crippen LogP contribution in [0.2, 0.25) is 0 Å². The minimum absolute atomic E-state index is 0.323. The molecule has 2 N–H and O–H groups in total. The van der Waals surface area contributed by atoms with Crippen molar-refractivity contribution in [3.63, 3.8) is 0 Å². The van der Waals surface area contributed by atoms with E-state index in [-0.39, 0.29) is 0 Å². The van der Waals surface area contributed by atoms with Crippen LogP contribution in [0.1, 0.15) is 65.2 Å². The molecule has 0 aromatic heterocycles. The van der Waals surface area contributed by atoms with Gasteiger partial charge in [0.15, 0.2) is 0 Å². The predicted octanol–water partition coefficient (Wildman–Crippen LogP) is 4.51. The summed E-state index contributed by atoms with van der Waals surface area (Å²) < 4.78 is 0. The molecule has 2 nitrogen and oxygen atoms in total. The monoisotopic (exact) mass is 286 g/mol. The Balaban J connectivity index is 1.67. The standard InChI is InChI=1S/C19H30N2/c1-18-11-4-3-5-13(18)6-7-14-15-8-9-17(21-20)19(15,2)12-10-16(14)18/h3-4,13-16H,5-12,20H2,1-2H3/t13-,14+,15+,16+,18+,19+/m1/s1. The molecule has 2 heteroatoms. The molecule has 21 heavy (non-hydrogen) atoms. The highest BCUT2D eigenvalue weighted by atomic mass is 15.1. The molecular formula is C19H30N2. The van der Waals surface area contributed by atoms with Crippen LogP contribution >= 0.6 is 0 Å². The van der Waals surface area contributed by atoms with Gasteiger partial charge in [0, 0.05) is 11.1 Å². The SMILES string of the molecule is C[C@]12CC=CC[C@@H]1CC[C@@H]1[C@@H]2CC[C@]2(C)C(=NN)CC[C@@H]12. The first-order valence-electron chi connectivity index (χ1n) is 9.02. The van der Waals surface area contributed by atoms with E-state index in [1.807, 2.05) is 0 Å². The van der Waals surface area contributed by atoms with Crippen LogP contribution in [0.25, 0.3) is 0 Å². The fourth-order valence-electron chi connectivity index (χ4n) is 6.84. The highest BCUT2D eigenvalue weighted by Gasteiger charge is 2.58. The molecule has 0 amide bonds. The van der Waals surface area contributed by atoms with Gasteiger partial charge in [0.25, 0.3) is 0 Å². The van der Waals surface area contributed by atoms with Crippen LogP contribution in [0.3, 0.4) is 0 Å². The summed E-state index contributed by atoms with van der Waals surface area (Å²) in [7, 11) is 0. The Hall–Kier alpha value is -0.790. The van der Waals surface area contributed by atoms with Crippen LogP contribution in [0, 0.1) is 34.5 Å². The fraction of sp³-hybridized carbons (Fsp3) is 0.842. The van der Waals surface area contributed by atoms with Gasteiger partial charge in [0.2, 0.25) is 0 Å². The van der Waals surface area contributed by atoms with E-state index in [4.69, 9.17) is 5.84 Å². The molecular weight excluding hydrogens is 256 g/mol. The van der Waals surface area contributed by atoms with E-state index < -0.39 is 0 Å². The normalized spacial score (nSPS) is 54.1. The lowest BCUT2D eigenvalue weighted by Crippen LogP contribution is -2.52. The van der Waals surface area contributed by atoms with Crippen molar-refractivity contribution in [2.75, 3.05) is 0 Å². The van der Waals surface area contributed by atoms with Crippen LogP contribution in [0.4, 0.5) is 0 Å². The van der Waals surface area contributed by atoms with Crippen molar-refractivity contribution in [3.05, 3.63) is 12.2 Å². The Morgan fingerprint density at radius 1 is 1.10 bits per heavy atom. The van der Waals surface area contributed by atoms with Crippen molar-refractivity contribution in [3.8, 4) is 0 Å². The van der Waals surface area contributed by atoms with Crippen LogP contribution in [-0.4, -0.2) is 5.71 Å². The Kier molecular flexibility index (Phi) is 3.03. The van der Waals surface area contributed by atoms with Gasteiger partial charge in [-0.1, -0.05) is 26.0 Å². The molecule has 6 atom stereocenters. The van der Waals surface area contributed by atoms with Gasteiger partial charge >= 0.3 is 0 Å². The molecule has 0 heterocycles. The van der Waals surface area contributed by atoms with E-state index in [1.54, 1.807) is 0 Å². The summed E-state index contributed by atoms with van der Waals surface area (Å²) in [5.41, 5.74) is 2.22. The Labute approximate surface area is 129 Å². The van der Waals surface area contributed by atoms with Crippen LogP contribution in [-0.2, 0) is 0 Å². The smallest absolute Gasteiger partial charge is 0.0437 e. The summed E-state index contributed by atoms with van der Waals surface area (Å²) in [4.78, 5) is 0. The molecule has 0 saturated heterocycles. The molecule has 3 fully saturated rings. The van der Waals surface area contributed by atoms with Gasteiger partial charge in [0.1, 0.15) is 0 Å². The first-order chi connectivity index (χ1) is 10.1. The molecule has 0 aromatic rings. The lowest BCUT2D eigenvalue weighted by molar-refractivity contribution is -0.0761. The minimum Gasteiger partial charge on any atom is -0.323 e. The average molecular weight is 286 g/mol. The van der Waals surface area contributed by atoms with Crippen molar-refractivity contribution in [2.45, 2.75) is 65.2 Å². The van der Waals surface area contributed by atoms with Gasteiger partial charge < -0.3 is 5.84 Å². The van der Waals surface area contributed by atoms with E-state index in [9.17, 15) is 0 Å². The Bertz CT molecular complexity index is 494. The van der Waals surface area contributed by atoms with Crippen molar-refractivity contribution in [1.29, 1.82) is 0 Å². The number of hydrazone groups is 1. The van der Waals surface area contributed by atoms with E-state index in [0.29, 0.717) is 10.8 Å². The Morgan fingerprint density at radius 3 is 2.76 bits per heavy atom. The van der Waals surface area contributed by atoms with Crippen LogP contribution in [0.5, 0.6) is 0 Å². The van der Waals surface area contributed by atoms with Gasteiger partial charge in [-0.05, 0) is 80.5 Å². The first kappa shape index (κ1) is 13.8. The largest absolute Gasteiger partial charge is 0.323 e. The molecule has 4 aliphatic carbocycles. The zero-order chi connectivity index (χ0) is 14.7. The molecule has 0 spiro atoms. The second-order valence-corrected chi connectivity index (χ2v) is 8.64. The first-order valence-corrected chi connectivity index (χ1v) is 9.02. The van der Waals surface area contributed by atoms with Gasteiger partial charge in [-0.15, -0.1) is 0 Å². The van der Waals surface area contributed by atoms with Crippen LogP contribution < -0.4 is 5.84 Å². The van der Waals surface area contributed by atoms with Crippen molar-refractivity contribution >= 4 is 5.71 Å². The number of hydrogen-bond donors (Lipinski definition) is 1. The molecule has 4 aliphatic rings. The maximum absolute atomic E-state index is 5.71. The van der Waals surface area contributed by atoms with E-state index in [0.717, 1.165) is 30.1 Å². The summed E-state index contributed by atoms with van der Waals surface area (Å²) in [6, 6.07) is 0. The molecule has 0 aromatic carbocycles. The van der Waals surface area contributed by atoms with Crippen LogP contribution in [0.15, 0.2) is 17.3 Å². The van der Waals surface area contributed by atoms with Crippen molar-refractivity contribution in [2.24, 2.45) is 45.4 Å². The number of hydrogen-bond acceptors (Lipinski definition) is 2. The molecule has 0 radical (unpaired) electrons. The van der Waals surface area contributed by atoms with Gasteiger partial charge in [-0.25, -0.2) is 0 Å². The number of allylic oxidation sites excluding steroid dienone is 2. The molecule has 4 rings (SSSR count). The van der Waals surface area contributed by atoms with E-state index in [1.165, 1.54) is 50.7 Å². The summed E-state index contributed by atoms with van der Waals surface area (Å²) >= 11 is 0. The molecule has 3 saturated carbocycles. The van der Waals surface area contributed by atoms with Gasteiger partial charge in [-0.3, -0.25) is 0 Å². The summed E-state index contributed by atoms with van der Waals surface area (Å²) in [5.74, 6) is 9.36. The predicted molar refractivity (Wildman–Crippen MR) is 87.9 cm³/mol. The molecule has 0 unspecified atom stereocenters.